The first-order valence-corrected chi connectivity index (χ1v) is 7.98. The highest BCUT2D eigenvalue weighted by atomic mass is 32.2. The molecule has 0 saturated heterocycles. The third-order valence-corrected chi connectivity index (χ3v) is 4.15. The first-order valence-electron chi connectivity index (χ1n) is 6.50. The van der Waals surface area contributed by atoms with Crippen LogP contribution >= 0.6 is 0 Å². The molecule has 4 nitrogen and oxygen atoms in total. The van der Waals surface area contributed by atoms with Crippen LogP contribution < -0.4 is 10.0 Å². The molecule has 2 N–H and O–H groups in total. The average molecular weight is 288 g/mol. The summed E-state index contributed by atoms with van der Waals surface area (Å²) in [5, 5.41) is 3.12. The quantitative estimate of drug-likeness (QED) is 0.720. The topological polar surface area (TPSA) is 58.2 Å². The van der Waals surface area contributed by atoms with Gasteiger partial charge in [0.1, 0.15) is 5.82 Å². The van der Waals surface area contributed by atoms with Gasteiger partial charge in [-0.2, -0.15) is 0 Å². The van der Waals surface area contributed by atoms with Gasteiger partial charge in [-0.15, -0.1) is 0 Å². The van der Waals surface area contributed by atoms with E-state index in [1.165, 1.54) is 12.1 Å². The zero-order valence-electron chi connectivity index (χ0n) is 11.4. The van der Waals surface area contributed by atoms with Crippen LogP contribution in [-0.4, -0.2) is 21.5 Å². The SMILES string of the molecule is CCCNCc1ccc(F)cc1S(=O)(=O)NCCC. The van der Waals surface area contributed by atoms with Gasteiger partial charge in [0.05, 0.1) is 4.90 Å². The Labute approximate surface area is 114 Å². The first kappa shape index (κ1) is 16.1. The predicted octanol–water partition coefficient (Wildman–Crippen LogP) is 2.01. The molecule has 0 radical (unpaired) electrons. The van der Waals surface area contributed by atoms with Gasteiger partial charge < -0.3 is 5.32 Å². The maximum Gasteiger partial charge on any atom is 0.240 e. The number of halogens is 1. The van der Waals surface area contributed by atoms with Crippen LogP contribution in [0.25, 0.3) is 0 Å². The summed E-state index contributed by atoms with van der Waals surface area (Å²) >= 11 is 0. The normalized spacial score (nSPS) is 11.7. The largest absolute Gasteiger partial charge is 0.313 e. The van der Waals surface area contributed by atoms with Crippen molar-refractivity contribution in [3.8, 4) is 0 Å². The van der Waals surface area contributed by atoms with Crippen molar-refractivity contribution in [3.63, 3.8) is 0 Å². The minimum absolute atomic E-state index is 0.0181. The van der Waals surface area contributed by atoms with Gasteiger partial charge in [-0.3, -0.25) is 0 Å². The molecule has 0 aliphatic rings. The summed E-state index contributed by atoms with van der Waals surface area (Å²) in [4.78, 5) is 0.0181. The lowest BCUT2D eigenvalue weighted by Crippen LogP contribution is -2.26. The second-order valence-electron chi connectivity index (χ2n) is 4.33. The Hall–Kier alpha value is -0.980. The molecule has 0 unspecified atom stereocenters. The average Bonchev–Trinajstić information content (AvgIpc) is 2.38. The van der Waals surface area contributed by atoms with Crippen LogP contribution in [0.15, 0.2) is 23.1 Å². The molecule has 0 fully saturated rings. The van der Waals surface area contributed by atoms with E-state index in [4.69, 9.17) is 0 Å². The van der Waals surface area contributed by atoms with E-state index in [1.807, 2.05) is 13.8 Å². The molecular formula is C13H21FN2O2S. The van der Waals surface area contributed by atoms with Gasteiger partial charge in [-0.25, -0.2) is 17.5 Å². The summed E-state index contributed by atoms with van der Waals surface area (Å²) in [5.74, 6) is -0.545. The van der Waals surface area contributed by atoms with Crippen molar-refractivity contribution >= 4 is 10.0 Å². The van der Waals surface area contributed by atoms with Crippen LogP contribution in [0, 0.1) is 5.82 Å². The van der Waals surface area contributed by atoms with Crippen LogP contribution in [0.1, 0.15) is 32.3 Å². The number of nitrogens with one attached hydrogen (secondary N) is 2. The van der Waals surface area contributed by atoms with E-state index in [2.05, 4.69) is 10.0 Å². The summed E-state index contributed by atoms with van der Waals surface area (Å²) < 4.78 is 39.9. The van der Waals surface area contributed by atoms with Crippen molar-refractivity contribution < 1.29 is 12.8 Å². The molecule has 0 amide bonds. The Morgan fingerprint density at radius 1 is 1.16 bits per heavy atom. The molecule has 0 aliphatic carbocycles. The van der Waals surface area contributed by atoms with Crippen LogP contribution in [0.2, 0.25) is 0 Å². The Bertz CT molecular complexity index is 503. The van der Waals surface area contributed by atoms with Gasteiger partial charge in [-0.1, -0.05) is 19.9 Å². The van der Waals surface area contributed by atoms with E-state index >= 15 is 0 Å². The molecule has 0 saturated carbocycles. The fraction of sp³-hybridized carbons (Fsp3) is 0.538. The highest BCUT2D eigenvalue weighted by molar-refractivity contribution is 7.89. The van der Waals surface area contributed by atoms with Gasteiger partial charge in [0.25, 0.3) is 0 Å². The molecule has 0 spiro atoms. The number of hydrogen-bond donors (Lipinski definition) is 2. The minimum atomic E-state index is -3.64. The van der Waals surface area contributed by atoms with Gasteiger partial charge >= 0.3 is 0 Å². The number of benzene rings is 1. The molecule has 108 valence electrons. The lowest BCUT2D eigenvalue weighted by atomic mass is 10.2. The Kier molecular flexibility index (Phi) is 6.41. The third kappa shape index (κ3) is 4.89. The summed E-state index contributed by atoms with van der Waals surface area (Å²) in [7, 11) is -3.64. The van der Waals surface area contributed by atoms with E-state index in [0.29, 0.717) is 25.1 Å². The van der Waals surface area contributed by atoms with E-state index in [-0.39, 0.29) is 4.90 Å². The van der Waals surface area contributed by atoms with Crippen LogP contribution in [0.3, 0.4) is 0 Å². The van der Waals surface area contributed by atoms with Crippen molar-refractivity contribution in [1.29, 1.82) is 0 Å². The van der Waals surface area contributed by atoms with Gasteiger partial charge in [0.15, 0.2) is 0 Å². The Morgan fingerprint density at radius 2 is 1.84 bits per heavy atom. The van der Waals surface area contributed by atoms with E-state index in [9.17, 15) is 12.8 Å². The summed E-state index contributed by atoms with van der Waals surface area (Å²) in [5.41, 5.74) is 0.582. The van der Waals surface area contributed by atoms with Crippen LogP contribution in [0.4, 0.5) is 4.39 Å². The van der Waals surface area contributed by atoms with E-state index in [1.54, 1.807) is 0 Å². The molecule has 1 aromatic carbocycles. The van der Waals surface area contributed by atoms with Crippen molar-refractivity contribution in [1.82, 2.24) is 10.0 Å². The second kappa shape index (κ2) is 7.57. The predicted molar refractivity (Wildman–Crippen MR) is 73.9 cm³/mol. The second-order valence-corrected chi connectivity index (χ2v) is 6.06. The van der Waals surface area contributed by atoms with Crippen LogP contribution in [0.5, 0.6) is 0 Å². The molecule has 1 aromatic rings. The molecule has 0 bridgehead atoms. The molecule has 6 heteroatoms. The number of hydrogen-bond acceptors (Lipinski definition) is 3. The zero-order chi connectivity index (χ0) is 14.3. The van der Waals surface area contributed by atoms with Gasteiger partial charge in [0, 0.05) is 13.1 Å². The van der Waals surface area contributed by atoms with Gasteiger partial charge in [-0.05, 0) is 37.1 Å². The zero-order valence-corrected chi connectivity index (χ0v) is 12.2. The fourth-order valence-electron chi connectivity index (χ4n) is 1.64. The smallest absolute Gasteiger partial charge is 0.240 e. The molecule has 0 atom stereocenters. The maximum absolute atomic E-state index is 13.3. The maximum atomic E-state index is 13.3. The molecule has 0 aromatic heterocycles. The van der Waals surface area contributed by atoms with E-state index in [0.717, 1.165) is 19.0 Å². The number of sulfonamides is 1. The van der Waals surface area contributed by atoms with Gasteiger partial charge in [0.2, 0.25) is 10.0 Å². The van der Waals surface area contributed by atoms with Crippen LogP contribution in [-0.2, 0) is 16.6 Å². The van der Waals surface area contributed by atoms with Crippen molar-refractivity contribution in [2.75, 3.05) is 13.1 Å². The Morgan fingerprint density at radius 3 is 2.47 bits per heavy atom. The fourth-order valence-corrected chi connectivity index (χ4v) is 3.02. The third-order valence-electron chi connectivity index (χ3n) is 2.60. The monoisotopic (exact) mass is 288 g/mol. The lowest BCUT2D eigenvalue weighted by Gasteiger charge is -2.12. The molecular weight excluding hydrogens is 267 g/mol. The highest BCUT2D eigenvalue weighted by Gasteiger charge is 2.18. The molecule has 0 heterocycles. The standard InChI is InChI=1S/C13H21FN2O2S/c1-3-7-15-10-11-5-6-12(14)9-13(11)19(17,18)16-8-4-2/h5-6,9,15-16H,3-4,7-8,10H2,1-2H3. The Balaban J connectivity index is 2.99. The summed E-state index contributed by atoms with van der Waals surface area (Å²) in [6.07, 6.45) is 1.65. The highest BCUT2D eigenvalue weighted by Crippen LogP contribution is 2.17. The number of rotatable bonds is 8. The minimum Gasteiger partial charge on any atom is -0.313 e. The molecule has 1 rings (SSSR count). The van der Waals surface area contributed by atoms with Crippen molar-refractivity contribution in [2.45, 2.75) is 38.1 Å². The van der Waals surface area contributed by atoms with Crippen molar-refractivity contribution in [3.05, 3.63) is 29.6 Å². The summed E-state index contributed by atoms with van der Waals surface area (Å²) in [6, 6.07) is 3.86. The molecule has 19 heavy (non-hydrogen) atoms. The van der Waals surface area contributed by atoms with Crippen molar-refractivity contribution in [2.24, 2.45) is 0 Å². The molecule has 0 aliphatic heterocycles. The first-order chi connectivity index (χ1) is 9.01. The van der Waals surface area contributed by atoms with E-state index < -0.39 is 15.8 Å². The summed E-state index contributed by atoms with van der Waals surface area (Å²) in [6.45, 7) is 5.45. The lowest BCUT2D eigenvalue weighted by molar-refractivity contribution is 0.572.